The predicted molar refractivity (Wildman–Crippen MR) is 60.2 cm³/mol. The predicted octanol–water partition coefficient (Wildman–Crippen LogP) is 2.75. The van der Waals surface area contributed by atoms with E-state index in [4.69, 9.17) is 0 Å². The van der Waals surface area contributed by atoms with Crippen LogP contribution in [0.4, 0.5) is 0 Å². The van der Waals surface area contributed by atoms with Crippen LogP contribution < -0.4 is 0 Å². The molecule has 64 valence electrons. The second kappa shape index (κ2) is 3.83. The van der Waals surface area contributed by atoms with Gasteiger partial charge < -0.3 is 0 Å². The lowest BCUT2D eigenvalue weighted by molar-refractivity contribution is 1.17. The Morgan fingerprint density at radius 2 is 2.08 bits per heavy atom. The molecule has 0 aliphatic carbocycles. The number of hydrogen-bond donors (Lipinski definition) is 0. The Hall–Kier alpha value is -0.970. The molecule has 0 saturated carbocycles. The van der Waals surface area contributed by atoms with Gasteiger partial charge in [0.05, 0.1) is 5.69 Å². The molecule has 3 heteroatoms. The first-order chi connectivity index (χ1) is 6.36. The molecular weight excluding hydrogens is 275 g/mol. The summed E-state index contributed by atoms with van der Waals surface area (Å²) in [6.07, 6.45) is 3.32. The van der Waals surface area contributed by atoms with E-state index in [2.05, 4.69) is 44.7 Å². The Bertz CT molecular complexity index is 401. The number of hydrogen-bond acceptors (Lipinski definition) is 2. The van der Waals surface area contributed by atoms with Crippen molar-refractivity contribution < 1.29 is 0 Å². The number of benzene rings is 1. The molecular formula is C10H7IN2. The SMILES string of the molecule is Ic1cccc(-c2ccncn2)c1. The summed E-state index contributed by atoms with van der Waals surface area (Å²) in [6.45, 7) is 0. The molecule has 0 unspecified atom stereocenters. The van der Waals surface area contributed by atoms with Gasteiger partial charge in [-0.3, -0.25) is 0 Å². The van der Waals surface area contributed by atoms with Crippen molar-refractivity contribution in [1.82, 2.24) is 9.97 Å². The lowest BCUT2D eigenvalue weighted by Gasteiger charge is -1.99. The van der Waals surface area contributed by atoms with Crippen molar-refractivity contribution in [3.63, 3.8) is 0 Å². The summed E-state index contributed by atoms with van der Waals surface area (Å²) in [6, 6.07) is 10.1. The molecule has 0 aliphatic heterocycles. The maximum atomic E-state index is 4.18. The molecule has 1 heterocycles. The van der Waals surface area contributed by atoms with E-state index in [0.717, 1.165) is 11.3 Å². The molecule has 0 bridgehead atoms. The zero-order valence-electron chi connectivity index (χ0n) is 6.81. The fourth-order valence-corrected chi connectivity index (χ4v) is 1.65. The van der Waals surface area contributed by atoms with Gasteiger partial charge in [-0.05, 0) is 40.8 Å². The lowest BCUT2D eigenvalue weighted by atomic mass is 10.1. The van der Waals surface area contributed by atoms with Crippen molar-refractivity contribution >= 4 is 22.6 Å². The van der Waals surface area contributed by atoms with Gasteiger partial charge in [0, 0.05) is 15.3 Å². The molecule has 0 radical (unpaired) electrons. The van der Waals surface area contributed by atoms with Crippen LogP contribution in [0, 0.1) is 3.57 Å². The third-order valence-electron chi connectivity index (χ3n) is 1.70. The summed E-state index contributed by atoms with van der Waals surface area (Å²) in [4.78, 5) is 8.06. The topological polar surface area (TPSA) is 25.8 Å². The third-order valence-corrected chi connectivity index (χ3v) is 2.37. The van der Waals surface area contributed by atoms with Gasteiger partial charge >= 0.3 is 0 Å². The van der Waals surface area contributed by atoms with E-state index >= 15 is 0 Å². The zero-order valence-corrected chi connectivity index (χ0v) is 8.97. The van der Waals surface area contributed by atoms with Gasteiger partial charge in [-0.1, -0.05) is 12.1 Å². The molecule has 13 heavy (non-hydrogen) atoms. The summed E-state index contributed by atoms with van der Waals surface area (Å²) in [7, 11) is 0. The summed E-state index contributed by atoms with van der Waals surface area (Å²) in [5, 5.41) is 0. The molecule has 0 spiro atoms. The van der Waals surface area contributed by atoms with Gasteiger partial charge in [-0.15, -0.1) is 0 Å². The van der Waals surface area contributed by atoms with Crippen LogP contribution in [0.2, 0.25) is 0 Å². The second-order valence-corrected chi connectivity index (χ2v) is 3.85. The van der Waals surface area contributed by atoms with Gasteiger partial charge in [-0.2, -0.15) is 0 Å². The van der Waals surface area contributed by atoms with Gasteiger partial charge in [-0.25, -0.2) is 9.97 Å². The fraction of sp³-hybridized carbons (Fsp3) is 0. The van der Waals surface area contributed by atoms with Gasteiger partial charge in [0.25, 0.3) is 0 Å². The number of halogens is 1. The van der Waals surface area contributed by atoms with E-state index in [1.807, 2.05) is 18.2 Å². The first-order valence-electron chi connectivity index (χ1n) is 3.88. The van der Waals surface area contributed by atoms with Crippen molar-refractivity contribution in [1.29, 1.82) is 0 Å². The van der Waals surface area contributed by atoms with Crippen LogP contribution in [-0.2, 0) is 0 Å². The highest BCUT2D eigenvalue weighted by atomic mass is 127. The molecule has 0 fully saturated rings. The molecule has 0 amide bonds. The summed E-state index contributed by atoms with van der Waals surface area (Å²) in [5.74, 6) is 0. The maximum Gasteiger partial charge on any atom is 0.116 e. The molecule has 1 aromatic carbocycles. The van der Waals surface area contributed by atoms with E-state index in [1.165, 1.54) is 3.57 Å². The zero-order chi connectivity index (χ0) is 9.10. The monoisotopic (exact) mass is 282 g/mol. The van der Waals surface area contributed by atoms with E-state index in [9.17, 15) is 0 Å². The minimum Gasteiger partial charge on any atom is -0.245 e. The Morgan fingerprint density at radius 1 is 1.15 bits per heavy atom. The van der Waals surface area contributed by atoms with Crippen molar-refractivity contribution in [3.05, 3.63) is 46.4 Å². The van der Waals surface area contributed by atoms with Crippen LogP contribution in [0.3, 0.4) is 0 Å². The maximum absolute atomic E-state index is 4.18. The third kappa shape index (κ3) is 2.03. The Balaban J connectivity index is 2.48. The number of rotatable bonds is 1. The Kier molecular flexibility index (Phi) is 2.54. The molecule has 2 rings (SSSR count). The summed E-state index contributed by atoms with van der Waals surface area (Å²) >= 11 is 2.29. The fourth-order valence-electron chi connectivity index (χ4n) is 1.11. The van der Waals surface area contributed by atoms with Gasteiger partial charge in [0.1, 0.15) is 6.33 Å². The average molecular weight is 282 g/mol. The summed E-state index contributed by atoms with van der Waals surface area (Å²) < 4.78 is 1.22. The minimum atomic E-state index is 0.966. The molecule has 2 nitrogen and oxygen atoms in total. The van der Waals surface area contributed by atoms with E-state index in [0.29, 0.717) is 0 Å². The quantitative estimate of drug-likeness (QED) is 0.752. The average Bonchev–Trinajstić information content (AvgIpc) is 2.19. The van der Waals surface area contributed by atoms with Crippen molar-refractivity contribution in [2.24, 2.45) is 0 Å². The van der Waals surface area contributed by atoms with E-state index < -0.39 is 0 Å². The van der Waals surface area contributed by atoms with Crippen LogP contribution in [0.5, 0.6) is 0 Å². The number of nitrogens with zero attached hydrogens (tertiary/aromatic N) is 2. The van der Waals surface area contributed by atoms with Crippen molar-refractivity contribution in [2.45, 2.75) is 0 Å². The molecule has 2 aromatic rings. The van der Waals surface area contributed by atoms with Crippen LogP contribution in [0.15, 0.2) is 42.9 Å². The second-order valence-electron chi connectivity index (χ2n) is 2.60. The first kappa shape index (κ1) is 8.62. The highest BCUT2D eigenvalue weighted by molar-refractivity contribution is 14.1. The highest BCUT2D eigenvalue weighted by Gasteiger charge is 1.97. The van der Waals surface area contributed by atoms with E-state index in [1.54, 1.807) is 12.5 Å². The Labute approximate surface area is 90.2 Å². The van der Waals surface area contributed by atoms with Crippen molar-refractivity contribution in [3.8, 4) is 11.3 Å². The largest absolute Gasteiger partial charge is 0.245 e. The van der Waals surface area contributed by atoms with Gasteiger partial charge in [0.2, 0.25) is 0 Å². The van der Waals surface area contributed by atoms with Crippen LogP contribution in [0.1, 0.15) is 0 Å². The molecule has 0 N–H and O–H groups in total. The highest BCUT2D eigenvalue weighted by Crippen LogP contribution is 2.17. The smallest absolute Gasteiger partial charge is 0.116 e. The Morgan fingerprint density at radius 3 is 2.77 bits per heavy atom. The molecule has 0 aliphatic rings. The summed E-state index contributed by atoms with van der Waals surface area (Å²) in [5.41, 5.74) is 2.10. The minimum absolute atomic E-state index is 0.966. The lowest BCUT2D eigenvalue weighted by Crippen LogP contribution is -1.83. The van der Waals surface area contributed by atoms with Crippen LogP contribution in [0.25, 0.3) is 11.3 Å². The standard InChI is InChI=1S/C10H7IN2/c11-9-3-1-2-8(6-9)10-4-5-12-7-13-10/h1-7H. The van der Waals surface area contributed by atoms with Crippen molar-refractivity contribution in [2.75, 3.05) is 0 Å². The molecule has 1 aromatic heterocycles. The van der Waals surface area contributed by atoms with Gasteiger partial charge in [0.15, 0.2) is 0 Å². The number of aromatic nitrogens is 2. The molecule has 0 saturated heterocycles. The normalized spacial score (nSPS) is 9.92. The van der Waals surface area contributed by atoms with E-state index in [-0.39, 0.29) is 0 Å². The van der Waals surface area contributed by atoms with Crippen LogP contribution >= 0.6 is 22.6 Å². The molecule has 0 atom stereocenters. The van der Waals surface area contributed by atoms with Crippen LogP contribution in [-0.4, -0.2) is 9.97 Å². The first-order valence-corrected chi connectivity index (χ1v) is 4.96.